The third-order valence-electron chi connectivity index (χ3n) is 2.31. The lowest BCUT2D eigenvalue weighted by Crippen LogP contribution is -2.12. The maximum atomic E-state index is 5.52. The highest BCUT2D eigenvalue weighted by Gasteiger charge is 2.07. The molecule has 0 aliphatic rings. The zero-order valence-corrected chi connectivity index (χ0v) is 13.3. The van der Waals surface area contributed by atoms with Crippen LogP contribution in [0.4, 0.5) is 0 Å². The predicted molar refractivity (Wildman–Crippen MR) is 78.4 cm³/mol. The lowest BCUT2D eigenvalue weighted by Gasteiger charge is -2.09. The Kier molecular flexibility index (Phi) is 11.1. The van der Waals surface area contributed by atoms with E-state index in [-0.39, 0.29) is 0 Å². The molecule has 0 amide bonds. The average molecular weight is 318 g/mol. The van der Waals surface area contributed by atoms with Crippen molar-refractivity contribution in [1.29, 1.82) is 0 Å². The van der Waals surface area contributed by atoms with Gasteiger partial charge < -0.3 is 28.4 Å². The Morgan fingerprint density at radius 3 is 1.52 bits per heavy atom. The van der Waals surface area contributed by atoms with Crippen molar-refractivity contribution in [3.8, 4) is 11.5 Å². The summed E-state index contributed by atoms with van der Waals surface area (Å²) in [5, 5.41) is 5.93. The van der Waals surface area contributed by atoms with E-state index in [1.54, 1.807) is 14.2 Å². The molecule has 2 radical (unpaired) electrons. The summed E-state index contributed by atoms with van der Waals surface area (Å²) in [4.78, 5) is 0. The van der Waals surface area contributed by atoms with Crippen LogP contribution in [0.25, 0.3) is 0 Å². The predicted octanol–water partition coefficient (Wildman–Crippen LogP) is 1.43. The highest BCUT2D eigenvalue weighted by Crippen LogP contribution is 2.29. The molecule has 6 nitrogen and oxygen atoms in total. The van der Waals surface area contributed by atoms with Gasteiger partial charge in [0.05, 0.1) is 50.4 Å². The molecule has 0 aliphatic heterocycles. The molecular formula is C14H22O6S. The van der Waals surface area contributed by atoms with Crippen molar-refractivity contribution in [3.63, 3.8) is 0 Å². The summed E-state index contributed by atoms with van der Waals surface area (Å²) in [6.45, 7) is 4.13. The minimum atomic E-state index is 0.436. The quantitative estimate of drug-likeness (QED) is 0.484. The van der Waals surface area contributed by atoms with E-state index in [0.717, 1.165) is 0 Å². The molecule has 120 valence electrons. The molecule has 0 aromatic carbocycles. The van der Waals surface area contributed by atoms with Gasteiger partial charge in [-0.3, -0.25) is 0 Å². The fraction of sp³-hybridized carbons (Fsp3) is 0.714. The summed E-state index contributed by atoms with van der Waals surface area (Å²) >= 11 is 1.29. The van der Waals surface area contributed by atoms with Gasteiger partial charge in [-0.25, -0.2) is 0 Å². The smallest absolute Gasteiger partial charge is 0.181 e. The largest absolute Gasteiger partial charge is 0.486 e. The molecule has 1 aromatic rings. The number of thiophene rings is 1. The van der Waals surface area contributed by atoms with Crippen LogP contribution in [0, 0.1) is 10.8 Å². The standard InChI is InChI=1S/C14H22O6S/c1-15-3-5-17-7-9-19-13-11-21-12-14(13)20-10-8-18-6-4-16-2/h3-10H2,1-2H3. The van der Waals surface area contributed by atoms with Gasteiger partial charge in [0, 0.05) is 14.2 Å². The van der Waals surface area contributed by atoms with Gasteiger partial charge in [0.1, 0.15) is 13.2 Å². The summed E-state index contributed by atoms with van der Waals surface area (Å²) in [7, 11) is 3.28. The van der Waals surface area contributed by atoms with Crippen LogP contribution in [0.5, 0.6) is 11.5 Å². The normalized spacial score (nSPS) is 10.8. The fourth-order valence-electron chi connectivity index (χ4n) is 1.29. The maximum Gasteiger partial charge on any atom is 0.181 e. The number of hydrogen-bond acceptors (Lipinski definition) is 7. The Balaban J connectivity index is 2.09. The van der Waals surface area contributed by atoms with E-state index in [0.29, 0.717) is 64.4 Å². The molecule has 0 atom stereocenters. The Labute approximate surface area is 129 Å². The number of hydrogen-bond donors (Lipinski definition) is 0. The monoisotopic (exact) mass is 318 g/mol. The molecule has 0 aliphatic carbocycles. The van der Waals surface area contributed by atoms with Gasteiger partial charge in [0.25, 0.3) is 0 Å². The van der Waals surface area contributed by atoms with Gasteiger partial charge in [-0.05, 0) is 0 Å². The Hall–Kier alpha value is -0.860. The summed E-state index contributed by atoms with van der Waals surface area (Å²) < 4.78 is 31.4. The summed E-state index contributed by atoms with van der Waals surface area (Å²) in [5.41, 5.74) is 0. The Bertz CT molecular complexity index is 313. The molecule has 0 bridgehead atoms. The Morgan fingerprint density at radius 1 is 0.667 bits per heavy atom. The van der Waals surface area contributed by atoms with Crippen molar-refractivity contribution >= 4 is 11.3 Å². The van der Waals surface area contributed by atoms with Crippen LogP contribution in [0.3, 0.4) is 0 Å². The van der Waals surface area contributed by atoms with E-state index >= 15 is 0 Å². The molecule has 0 N–H and O–H groups in total. The molecule has 0 fully saturated rings. The lowest BCUT2D eigenvalue weighted by molar-refractivity contribution is 0.0500. The number of methoxy groups -OCH3 is 2. The van der Waals surface area contributed by atoms with Gasteiger partial charge in [-0.2, -0.15) is 0 Å². The van der Waals surface area contributed by atoms with Gasteiger partial charge in [0.2, 0.25) is 0 Å². The van der Waals surface area contributed by atoms with Crippen LogP contribution < -0.4 is 9.47 Å². The molecule has 0 unspecified atom stereocenters. The van der Waals surface area contributed by atoms with E-state index in [9.17, 15) is 0 Å². The van der Waals surface area contributed by atoms with Crippen molar-refractivity contribution < 1.29 is 28.4 Å². The summed E-state index contributed by atoms with van der Waals surface area (Å²) in [5.74, 6) is 1.12. The van der Waals surface area contributed by atoms with Crippen molar-refractivity contribution in [3.05, 3.63) is 10.8 Å². The first-order valence-corrected chi connectivity index (χ1v) is 7.51. The zero-order valence-electron chi connectivity index (χ0n) is 12.5. The second-order valence-corrected chi connectivity index (χ2v) is 4.48. The van der Waals surface area contributed by atoms with E-state index in [1.807, 2.05) is 0 Å². The Morgan fingerprint density at radius 2 is 1.10 bits per heavy atom. The minimum absolute atomic E-state index is 0.436. The van der Waals surface area contributed by atoms with Crippen LogP contribution in [-0.2, 0) is 18.9 Å². The van der Waals surface area contributed by atoms with Gasteiger partial charge in [-0.15, -0.1) is 11.3 Å². The number of ether oxygens (including phenoxy) is 6. The van der Waals surface area contributed by atoms with Gasteiger partial charge in [0.15, 0.2) is 11.5 Å². The highest BCUT2D eigenvalue weighted by molar-refractivity contribution is 7.07. The first-order valence-electron chi connectivity index (χ1n) is 6.69. The van der Waals surface area contributed by atoms with E-state index < -0.39 is 0 Å². The van der Waals surface area contributed by atoms with Crippen molar-refractivity contribution in [2.45, 2.75) is 0 Å². The molecule has 7 heteroatoms. The van der Waals surface area contributed by atoms with Crippen molar-refractivity contribution in [1.82, 2.24) is 0 Å². The molecule has 0 saturated heterocycles. The third-order valence-corrected chi connectivity index (χ3v) is 2.88. The second-order valence-electron chi connectivity index (χ2n) is 3.87. The van der Waals surface area contributed by atoms with E-state index in [2.05, 4.69) is 10.8 Å². The maximum absolute atomic E-state index is 5.52. The van der Waals surface area contributed by atoms with Crippen LogP contribution in [0.1, 0.15) is 0 Å². The van der Waals surface area contributed by atoms with Crippen LogP contribution in [0.2, 0.25) is 0 Å². The third kappa shape index (κ3) is 8.90. The van der Waals surface area contributed by atoms with E-state index in [1.165, 1.54) is 11.3 Å². The first-order chi connectivity index (χ1) is 10.4. The molecule has 1 aromatic heterocycles. The van der Waals surface area contributed by atoms with Crippen LogP contribution >= 0.6 is 11.3 Å². The average Bonchev–Trinajstić information content (AvgIpc) is 2.94. The van der Waals surface area contributed by atoms with E-state index in [4.69, 9.17) is 28.4 Å². The lowest BCUT2D eigenvalue weighted by atomic mass is 10.5. The summed E-state index contributed by atoms with van der Waals surface area (Å²) in [6.07, 6.45) is 0. The molecule has 1 heterocycles. The fourth-order valence-corrected chi connectivity index (χ4v) is 1.83. The molecule has 0 saturated carbocycles. The molecule has 21 heavy (non-hydrogen) atoms. The molecular weight excluding hydrogens is 296 g/mol. The van der Waals surface area contributed by atoms with Crippen LogP contribution in [-0.4, -0.2) is 67.1 Å². The SMILES string of the molecule is COCCOCCOc1[c]s[c]c1OCCOCCOC. The van der Waals surface area contributed by atoms with Crippen molar-refractivity contribution in [2.24, 2.45) is 0 Å². The topological polar surface area (TPSA) is 55.4 Å². The van der Waals surface area contributed by atoms with Gasteiger partial charge >= 0.3 is 0 Å². The highest BCUT2D eigenvalue weighted by atomic mass is 32.1. The molecule has 0 spiro atoms. The zero-order chi connectivity index (χ0) is 15.2. The first kappa shape index (κ1) is 18.2. The summed E-state index contributed by atoms with van der Waals surface area (Å²) in [6, 6.07) is 0. The number of rotatable bonds is 14. The minimum Gasteiger partial charge on any atom is -0.486 e. The van der Waals surface area contributed by atoms with Crippen molar-refractivity contribution in [2.75, 3.05) is 67.1 Å². The van der Waals surface area contributed by atoms with Gasteiger partial charge in [-0.1, -0.05) is 0 Å². The second kappa shape index (κ2) is 12.8. The molecule has 1 rings (SSSR count). The van der Waals surface area contributed by atoms with Crippen LogP contribution in [0.15, 0.2) is 0 Å².